The summed E-state index contributed by atoms with van der Waals surface area (Å²) in [7, 11) is 0. The molecule has 0 unspecified atom stereocenters. The number of carboxylic acids is 1. The van der Waals surface area contributed by atoms with Gasteiger partial charge in [-0.3, -0.25) is 9.98 Å². The minimum Gasteiger partial charge on any atom is -0.478 e. The number of fused-ring (bicyclic) bond motifs is 2. The molecule has 0 radical (unpaired) electrons. The summed E-state index contributed by atoms with van der Waals surface area (Å²) in [6, 6.07) is 6.77. The second kappa shape index (κ2) is 5.66. The molecule has 3 rings (SSSR count). The Labute approximate surface area is 127 Å². The molecule has 2 bridgehead atoms. The fraction of sp³-hybridized carbons (Fsp3) is 0.0556. The van der Waals surface area contributed by atoms with Crippen LogP contribution in [0, 0.1) is 18.8 Å². The van der Waals surface area contributed by atoms with E-state index in [0.717, 1.165) is 16.9 Å². The molecular weight excluding hydrogens is 276 g/mol. The predicted octanol–water partition coefficient (Wildman–Crippen LogP) is 3.22. The van der Waals surface area contributed by atoms with Gasteiger partial charge in [0.1, 0.15) is 0 Å². The summed E-state index contributed by atoms with van der Waals surface area (Å²) in [5.74, 6) is 5.08. The van der Waals surface area contributed by atoms with E-state index in [0.29, 0.717) is 11.1 Å². The zero-order chi connectivity index (χ0) is 15.5. The van der Waals surface area contributed by atoms with E-state index in [-0.39, 0.29) is 5.56 Å². The maximum atomic E-state index is 11.0. The van der Waals surface area contributed by atoms with Crippen molar-refractivity contribution in [2.75, 3.05) is 0 Å². The van der Waals surface area contributed by atoms with Gasteiger partial charge in [-0.2, -0.15) is 0 Å². The molecule has 1 aromatic heterocycles. The molecule has 0 aliphatic carbocycles. The first-order valence-electron chi connectivity index (χ1n) is 6.70. The number of hydrogen-bond donors (Lipinski definition) is 1. The van der Waals surface area contributed by atoms with Gasteiger partial charge in [-0.05, 0) is 42.8 Å². The Morgan fingerprint density at radius 3 is 2.82 bits per heavy atom. The van der Waals surface area contributed by atoms with Crippen molar-refractivity contribution in [2.45, 2.75) is 6.92 Å². The number of nitrogens with zero attached hydrogens (tertiary/aromatic N) is 2. The van der Waals surface area contributed by atoms with Crippen molar-refractivity contribution in [3.63, 3.8) is 0 Å². The molecule has 0 spiro atoms. The standard InChI is InChI=1S/C18H12N2O2/c1-12-4-5-14(18(21)22)9-13(12)6-7-15-11-20-16-3-2-8-19-17(15)10-16/h2-5,8-11H,1H3,(H,21,22). The first-order chi connectivity index (χ1) is 10.6. The maximum Gasteiger partial charge on any atom is 0.335 e. The Kier molecular flexibility index (Phi) is 3.55. The van der Waals surface area contributed by atoms with Crippen molar-refractivity contribution in [1.82, 2.24) is 4.98 Å². The topological polar surface area (TPSA) is 62.5 Å². The summed E-state index contributed by atoms with van der Waals surface area (Å²) in [4.78, 5) is 19.6. The number of rotatable bonds is 1. The van der Waals surface area contributed by atoms with Crippen molar-refractivity contribution >= 4 is 23.9 Å². The van der Waals surface area contributed by atoms with E-state index < -0.39 is 5.97 Å². The van der Waals surface area contributed by atoms with E-state index in [1.807, 2.05) is 25.1 Å². The van der Waals surface area contributed by atoms with Gasteiger partial charge in [0.05, 0.1) is 22.5 Å². The molecule has 2 aromatic rings. The van der Waals surface area contributed by atoms with Crippen molar-refractivity contribution in [2.24, 2.45) is 4.99 Å². The molecule has 4 nitrogen and oxygen atoms in total. The number of aliphatic imine (C=N–C) groups is 1. The van der Waals surface area contributed by atoms with Crippen LogP contribution < -0.4 is 0 Å². The molecule has 1 aliphatic rings. The van der Waals surface area contributed by atoms with Crippen LogP contribution in [0.15, 0.2) is 41.5 Å². The summed E-state index contributed by atoms with van der Waals surface area (Å²) in [6.07, 6.45) is 7.08. The molecule has 0 saturated heterocycles. The van der Waals surface area contributed by atoms with E-state index in [1.165, 1.54) is 0 Å². The molecule has 1 aliphatic heterocycles. The number of hydrogen-bond acceptors (Lipinski definition) is 3. The highest BCUT2D eigenvalue weighted by molar-refractivity contribution is 5.88. The Morgan fingerprint density at radius 2 is 2.00 bits per heavy atom. The van der Waals surface area contributed by atoms with Gasteiger partial charge in [-0.25, -0.2) is 4.79 Å². The van der Waals surface area contributed by atoms with Crippen LogP contribution in [-0.2, 0) is 0 Å². The average molecular weight is 288 g/mol. The second-order valence-corrected chi connectivity index (χ2v) is 4.85. The highest BCUT2D eigenvalue weighted by Crippen LogP contribution is 2.21. The normalized spacial score (nSPS) is 11.5. The number of carboxylic acid groups (broad SMARTS) is 1. The molecule has 0 fully saturated rings. The number of benzene rings is 1. The lowest BCUT2D eigenvalue weighted by molar-refractivity contribution is 0.0697. The first-order valence-corrected chi connectivity index (χ1v) is 6.70. The minimum absolute atomic E-state index is 0.226. The highest BCUT2D eigenvalue weighted by atomic mass is 16.4. The van der Waals surface area contributed by atoms with E-state index in [1.54, 1.807) is 30.6 Å². The van der Waals surface area contributed by atoms with Crippen LogP contribution in [0.4, 0.5) is 5.69 Å². The monoisotopic (exact) mass is 288 g/mol. The highest BCUT2D eigenvalue weighted by Gasteiger charge is 2.05. The molecular formula is C18H12N2O2. The fourth-order valence-electron chi connectivity index (χ4n) is 2.04. The Morgan fingerprint density at radius 1 is 1.18 bits per heavy atom. The van der Waals surface area contributed by atoms with E-state index in [2.05, 4.69) is 21.8 Å². The predicted molar refractivity (Wildman–Crippen MR) is 85.5 cm³/mol. The Hall–Kier alpha value is -3.19. The fourth-order valence-corrected chi connectivity index (χ4v) is 2.04. The summed E-state index contributed by atoms with van der Waals surface area (Å²) >= 11 is 0. The Balaban J connectivity index is 2.01. The first kappa shape index (κ1) is 13.8. The van der Waals surface area contributed by atoms with Crippen molar-refractivity contribution in [3.05, 3.63) is 64.5 Å². The van der Waals surface area contributed by atoms with E-state index in [9.17, 15) is 4.79 Å². The minimum atomic E-state index is -0.962. The van der Waals surface area contributed by atoms with Gasteiger partial charge in [0, 0.05) is 18.0 Å². The number of aryl methyl sites for hydroxylation is 1. The molecule has 0 atom stereocenters. The lowest BCUT2D eigenvalue weighted by Crippen LogP contribution is -1.97. The molecule has 22 heavy (non-hydrogen) atoms. The molecule has 0 saturated carbocycles. The summed E-state index contributed by atoms with van der Waals surface area (Å²) in [6.45, 7) is 1.90. The van der Waals surface area contributed by atoms with Gasteiger partial charge in [0.15, 0.2) is 0 Å². The molecule has 4 heteroatoms. The number of aromatic carboxylic acids is 1. The number of pyridine rings is 1. The van der Waals surface area contributed by atoms with Crippen LogP contribution in [0.25, 0.3) is 6.08 Å². The van der Waals surface area contributed by atoms with Gasteiger partial charge >= 0.3 is 5.97 Å². The van der Waals surface area contributed by atoms with Crippen LogP contribution in [0.5, 0.6) is 0 Å². The van der Waals surface area contributed by atoms with Gasteiger partial charge in [-0.1, -0.05) is 17.9 Å². The maximum absolute atomic E-state index is 11.0. The van der Waals surface area contributed by atoms with E-state index >= 15 is 0 Å². The van der Waals surface area contributed by atoms with Gasteiger partial charge in [0.25, 0.3) is 0 Å². The molecule has 1 N–H and O–H groups in total. The summed E-state index contributed by atoms with van der Waals surface area (Å²) in [5, 5.41) is 9.05. The molecule has 1 aromatic carbocycles. The van der Waals surface area contributed by atoms with Crippen LogP contribution in [0.1, 0.15) is 32.7 Å². The smallest absolute Gasteiger partial charge is 0.335 e. The van der Waals surface area contributed by atoms with Gasteiger partial charge in [-0.15, -0.1) is 0 Å². The molecule has 0 amide bonds. The van der Waals surface area contributed by atoms with Gasteiger partial charge in [0.2, 0.25) is 0 Å². The zero-order valence-electron chi connectivity index (χ0n) is 11.9. The SMILES string of the molecule is Cc1ccc(C(=O)O)cc1C#Cc1cnc2cc1N=CC=C2. The second-order valence-electron chi connectivity index (χ2n) is 4.85. The number of carbonyl (C=O) groups is 1. The third-order valence-corrected chi connectivity index (χ3v) is 3.29. The molecule has 106 valence electrons. The lowest BCUT2D eigenvalue weighted by Gasteiger charge is -2.01. The largest absolute Gasteiger partial charge is 0.478 e. The van der Waals surface area contributed by atoms with Gasteiger partial charge < -0.3 is 5.11 Å². The number of allylic oxidation sites excluding steroid dienone is 1. The lowest BCUT2D eigenvalue weighted by atomic mass is 10.0. The van der Waals surface area contributed by atoms with Crippen molar-refractivity contribution in [3.8, 4) is 11.8 Å². The van der Waals surface area contributed by atoms with E-state index in [4.69, 9.17) is 5.11 Å². The summed E-state index contributed by atoms with van der Waals surface area (Å²) < 4.78 is 0. The zero-order valence-corrected chi connectivity index (χ0v) is 11.9. The van der Waals surface area contributed by atoms with Crippen molar-refractivity contribution in [1.29, 1.82) is 0 Å². The van der Waals surface area contributed by atoms with Crippen LogP contribution in [0.3, 0.4) is 0 Å². The summed E-state index contributed by atoms with van der Waals surface area (Å²) in [5.41, 5.74) is 4.15. The van der Waals surface area contributed by atoms with Crippen LogP contribution >= 0.6 is 0 Å². The molecule has 2 heterocycles. The van der Waals surface area contributed by atoms with Crippen molar-refractivity contribution < 1.29 is 9.90 Å². The average Bonchev–Trinajstić information content (AvgIpc) is 2.70. The van der Waals surface area contributed by atoms with Crippen LogP contribution in [0.2, 0.25) is 0 Å². The third kappa shape index (κ3) is 2.79. The third-order valence-electron chi connectivity index (χ3n) is 3.29. The van der Waals surface area contributed by atoms with Crippen LogP contribution in [-0.4, -0.2) is 22.3 Å². The Bertz CT molecular complexity index is 884. The quantitative estimate of drug-likeness (QED) is 0.819. The number of aromatic nitrogens is 1.